The molecule has 4 nitrogen and oxygen atoms in total. The normalized spacial score (nSPS) is 19.1. The number of hydrogen-bond donors (Lipinski definition) is 1. The highest BCUT2D eigenvalue weighted by atomic mass is 16.4. The van der Waals surface area contributed by atoms with Crippen LogP contribution in [0.3, 0.4) is 0 Å². The molecule has 138 valence electrons. The average Bonchev–Trinajstić information content (AvgIpc) is 2.70. The fraction of sp³-hybridized carbons (Fsp3) is 0.304. The zero-order valence-corrected chi connectivity index (χ0v) is 15.5. The van der Waals surface area contributed by atoms with E-state index in [4.69, 9.17) is 0 Å². The van der Waals surface area contributed by atoms with Gasteiger partial charge in [-0.05, 0) is 55.1 Å². The lowest BCUT2D eigenvalue weighted by molar-refractivity contribution is -0.145. The Labute approximate surface area is 159 Å². The molecule has 2 atom stereocenters. The quantitative estimate of drug-likeness (QED) is 0.740. The third-order valence-corrected chi connectivity index (χ3v) is 5.62. The maximum absolute atomic E-state index is 12.0. The van der Waals surface area contributed by atoms with E-state index >= 15 is 0 Å². The highest BCUT2D eigenvalue weighted by Gasteiger charge is 2.36. The molecule has 2 aromatic carbocycles. The van der Waals surface area contributed by atoms with Crippen molar-refractivity contribution in [3.63, 3.8) is 0 Å². The van der Waals surface area contributed by atoms with Gasteiger partial charge < -0.3 is 5.11 Å². The number of pyridine rings is 1. The second kappa shape index (κ2) is 7.49. The summed E-state index contributed by atoms with van der Waals surface area (Å²) in [6, 6.07) is 17.9. The lowest BCUT2D eigenvalue weighted by Gasteiger charge is -2.40. The molecule has 1 N–H and O–H groups in total. The van der Waals surface area contributed by atoms with Crippen molar-refractivity contribution in [2.24, 2.45) is 0 Å². The minimum absolute atomic E-state index is 0.0968. The first-order valence-corrected chi connectivity index (χ1v) is 9.54. The first-order chi connectivity index (χ1) is 13.2. The van der Waals surface area contributed by atoms with Gasteiger partial charge in [-0.25, -0.2) is 0 Å². The van der Waals surface area contributed by atoms with E-state index in [1.165, 1.54) is 11.1 Å². The van der Waals surface area contributed by atoms with Gasteiger partial charge in [-0.1, -0.05) is 48.9 Å². The standard InChI is InChI=1S/C23H24N2O2/c1-16-8-2-3-9-17(16)22(25-15-7-6-12-21(25)23(26)27)19-13-14-24-20-11-5-4-10-18(19)20/h2-5,8-11,13-14,21-22H,6-7,12,15H2,1H3,(H,26,27). The number of hydrogen-bond acceptors (Lipinski definition) is 3. The number of aromatic nitrogens is 1. The molecule has 1 aromatic heterocycles. The molecule has 0 spiro atoms. The van der Waals surface area contributed by atoms with Crippen molar-refractivity contribution in [1.29, 1.82) is 0 Å². The molecule has 1 aliphatic heterocycles. The summed E-state index contributed by atoms with van der Waals surface area (Å²) in [5.74, 6) is -0.730. The molecule has 0 radical (unpaired) electrons. The van der Waals surface area contributed by atoms with Gasteiger partial charge in [0.2, 0.25) is 0 Å². The van der Waals surface area contributed by atoms with Crippen LogP contribution in [0.2, 0.25) is 0 Å². The smallest absolute Gasteiger partial charge is 0.320 e. The SMILES string of the molecule is Cc1ccccc1C(c1ccnc2ccccc12)N1CCCCC1C(=O)O. The number of para-hydroxylation sites is 1. The van der Waals surface area contributed by atoms with E-state index < -0.39 is 12.0 Å². The molecule has 2 heterocycles. The third-order valence-electron chi connectivity index (χ3n) is 5.62. The number of carboxylic acid groups (broad SMARTS) is 1. The van der Waals surface area contributed by atoms with Crippen LogP contribution < -0.4 is 0 Å². The predicted octanol–water partition coefficient (Wildman–Crippen LogP) is 4.57. The Kier molecular flexibility index (Phi) is 4.90. The summed E-state index contributed by atoms with van der Waals surface area (Å²) in [5.41, 5.74) is 4.42. The van der Waals surface area contributed by atoms with Gasteiger partial charge in [-0.15, -0.1) is 0 Å². The fourth-order valence-corrected chi connectivity index (χ4v) is 4.30. The van der Waals surface area contributed by atoms with Gasteiger partial charge in [0.25, 0.3) is 0 Å². The fourth-order valence-electron chi connectivity index (χ4n) is 4.30. The van der Waals surface area contributed by atoms with Crippen molar-refractivity contribution >= 4 is 16.9 Å². The number of carbonyl (C=O) groups is 1. The molecule has 0 amide bonds. The first-order valence-electron chi connectivity index (χ1n) is 9.54. The number of likely N-dealkylation sites (tertiary alicyclic amines) is 1. The predicted molar refractivity (Wildman–Crippen MR) is 107 cm³/mol. The molecule has 2 unspecified atom stereocenters. The zero-order valence-electron chi connectivity index (χ0n) is 15.5. The summed E-state index contributed by atoms with van der Waals surface area (Å²) < 4.78 is 0. The van der Waals surface area contributed by atoms with Crippen molar-refractivity contribution in [1.82, 2.24) is 9.88 Å². The van der Waals surface area contributed by atoms with Crippen molar-refractivity contribution in [3.8, 4) is 0 Å². The van der Waals surface area contributed by atoms with Gasteiger partial charge in [0, 0.05) is 11.6 Å². The van der Waals surface area contributed by atoms with Gasteiger partial charge in [0.15, 0.2) is 0 Å². The van der Waals surface area contributed by atoms with E-state index in [9.17, 15) is 9.90 Å². The van der Waals surface area contributed by atoms with Crippen LogP contribution in [0.1, 0.15) is 42.0 Å². The lowest BCUT2D eigenvalue weighted by Crippen LogP contribution is -2.47. The number of aryl methyl sites for hydroxylation is 1. The summed E-state index contributed by atoms with van der Waals surface area (Å²) >= 11 is 0. The van der Waals surface area contributed by atoms with Crippen LogP contribution in [0.5, 0.6) is 0 Å². The van der Waals surface area contributed by atoms with Gasteiger partial charge in [-0.3, -0.25) is 14.7 Å². The summed E-state index contributed by atoms with van der Waals surface area (Å²) in [4.78, 5) is 18.7. The van der Waals surface area contributed by atoms with Crippen LogP contribution in [0.4, 0.5) is 0 Å². The molecule has 1 saturated heterocycles. The molecular weight excluding hydrogens is 336 g/mol. The molecule has 1 aliphatic rings. The number of aliphatic carboxylic acids is 1. The highest BCUT2D eigenvalue weighted by Crippen LogP contribution is 2.38. The number of benzene rings is 2. The monoisotopic (exact) mass is 360 g/mol. The Balaban J connectivity index is 1.93. The largest absolute Gasteiger partial charge is 0.480 e. The van der Waals surface area contributed by atoms with Crippen molar-refractivity contribution in [2.75, 3.05) is 6.54 Å². The topological polar surface area (TPSA) is 53.4 Å². The molecule has 4 rings (SSSR count). The molecule has 27 heavy (non-hydrogen) atoms. The van der Waals surface area contributed by atoms with Crippen molar-refractivity contribution in [2.45, 2.75) is 38.3 Å². The van der Waals surface area contributed by atoms with Crippen LogP contribution in [-0.4, -0.2) is 33.5 Å². The summed E-state index contributed by atoms with van der Waals surface area (Å²) in [7, 11) is 0. The summed E-state index contributed by atoms with van der Waals surface area (Å²) in [6.07, 6.45) is 4.52. The Hall–Kier alpha value is -2.72. The highest BCUT2D eigenvalue weighted by molar-refractivity contribution is 5.83. The van der Waals surface area contributed by atoms with Crippen LogP contribution in [0, 0.1) is 6.92 Å². The average molecular weight is 360 g/mol. The molecule has 4 heteroatoms. The van der Waals surface area contributed by atoms with E-state index in [0.29, 0.717) is 6.42 Å². The van der Waals surface area contributed by atoms with E-state index in [2.05, 4.69) is 35.0 Å². The van der Waals surface area contributed by atoms with Crippen LogP contribution >= 0.6 is 0 Å². The number of piperidine rings is 1. The van der Waals surface area contributed by atoms with E-state index in [0.717, 1.165) is 35.9 Å². The molecule has 0 aliphatic carbocycles. The second-order valence-corrected chi connectivity index (χ2v) is 7.26. The van der Waals surface area contributed by atoms with Crippen LogP contribution in [-0.2, 0) is 4.79 Å². The van der Waals surface area contributed by atoms with E-state index in [-0.39, 0.29) is 6.04 Å². The Morgan fingerprint density at radius 3 is 2.67 bits per heavy atom. The maximum atomic E-state index is 12.0. The number of carboxylic acids is 1. The minimum Gasteiger partial charge on any atom is -0.480 e. The molecule has 1 fully saturated rings. The number of rotatable bonds is 4. The maximum Gasteiger partial charge on any atom is 0.320 e. The Bertz CT molecular complexity index is 964. The Morgan fingerprint density at radius 1 is 1.07 bits per heavy atom. The Morgan fingerprint density at radius 2 is 1.85 bits per heavy atom. The van der Waals surface area contributed by atoms with Gasteiger partial charge in [-0.2, -0.15) is 0 Å². The van der Waals surface area contributed by atoms with Gasteiger partial charge in [0.1, 0.15) is 6.04 Å². The lowest BCUT2D eigenvalue weighted by atomic mass is 9.88. The van der Waals surface area contributed by atoms with Crippen molar-refractivity contribution < 1.29 is 9.90 Å². The molecule has 3 aromatic rings. The van der Waals surface area contributed by atoms with Crippen LogP contribution in [0.25, 0.3) is 10.9 Å². The van der Waals surface area contributed by atoms with Crippen LogP contribution in [0.15, 0.2) is 60.8 Å². The van der Waals surface area contributed by atoms with E-state index in [1.807, 2.05) is 42.6 Å². The molecule has 0 bridgehead atoms. The zero-order chi connectivity index (χ0) is 18.8. The molecular formula is C23H24N2O2. The van der Waals surface area contributed by atoms with Gasteiger partial charge in [0.05, 0.1) is 11.6 Å². The van der Waals surface area contributed by atoms with Gasteiger partial charge >= 0.3 is 5.97 Å². The molecule has 0 saturated carbocycles. The number of fused-ring (bicyclic) bond motifs is 1. The third kappa shape index (κ3) is 3.33. The first kappa shape index (κ1) is 17.7. The number of nitrogens with zero attached hydrogens (tertiary/aromatic N) is 2. The minimum atomic E-state index is -0.730. The second-order valence-electron chi connectivity index (χ2n) is 7.26. The summed E-state index contributed by atoms with van der Waals surface area (Å²) in [6.45, 7) is 2.89. The summed E-state index contributed by atoms with van der Waals surface area (Å²) in [5, 5.41) is 11.0. The van der Waals surface area contributed by atoms with E-state index in [1.54, 1.807) is 0 Å². The van der Waals surface area contributed by atoms with Crippen molar-refractivity contribution in [3.05, 3.63) is 77.5 Å².